The molecule has 0 saturated heterocycles. The van der Waals surface area contributed by atoms with Crippen molar-refractivity contribution < 1.29 is 14.7 Å². The van der Waals surface area contributed by atoms with E-state index in [1.165, 1.54) is 0 Å². The molecule has 0 radical (unpaired) electrons. The molecule has 3 nitrogen and oxygen atoms in total. The van der Waals surface area contributed by atoms with Gasteiger partial charge in [0.15, 0.2) is 0 Å². The number of halogens is 3. The van der Waals surface area contributed by atoms with Crippen LogP contribution in [0.25, 0.3) is 0 Å². The smallest absolute Gasteiger partial charge is 0.683 e. The molecule has 0 bridgehead atoms. The zero-order valence-electron chi connectivity index (χ0n) is 6.67. The zero-order valence-corrected chi connectivity index (χ0v) is 11.2. The first-order valence-electron chi connectivity index (χ1n) is 2.99. The Morgan fingerprint density at radius 3 is 1.71 bits per heavy atom. The molecule has 0 unspecified atom stereocenters. The van der Waals surface area contributed by atoms with Gasteiger partial charge in [-0.3, -0.25) is 0 Å². The van der Waals surface area contributed by atoms with E-state index < -0.39 is 13.2 Å². The van der Waals surface area contributed by atoms with E-state index >= 15 is 0 Å². The van der Waals surface area contributed by atoms with Crippen LogP contribution in [-0.2, 0) is 0 Å². The normalized spacial score (nSPS) is 11.0. The first-order valence-corrected chi connectivity index (χ1v) is 5.67. The van der Waals surface area contributed by atoms with Gasteiger partial charge in [0.2, 0.25) is 0 Å². The Balaban J connectivity index is 0.00000169. The molecule has 0 aliphatic carbocycles. The fourth-order valence-electron chi connectivity index (χ4n) is 0.722. The predicted molar refractivity (Wildman–Crippen MR) is 53.8 cm³/mol. The van der Waals surface area contributed by atoms with Crippen LogP contribution in [0.3, 0.4) is 0 Å². The van der Waals surface area contributed by atoms with Crippen molar-refractivity contribution in [2.45, 2.75) is 0 Å². The van der Waals surface area contributed by atoms with Crippen LogP contribution in [-0.4, -0.2) is 23.1 Å². The number of benzene rings is 1. The Bertz CT molecular complexity index is 342. The molecular weight excluding hydrogens is 282 g/mol. The summed E-state index contributed by atoms with van der Waals surface area (Å²) in [4.78, 5) is 31.8. The molecule has 0 N–H and O–H groups in total. The van der Waals surface area contributed by atoms with Crippen molar-refractivity contribution in [3.05, 3.63) is 27.2 Å². The van der Waals surface area contributed by atoms with Gasteiger partial charge in [0, 0.05) is 6.07 Å². The fraction of sp³-hybridized carbons (Fsp3) is 0. The van der Waals surface area contributed by atoms with Gasteiger partial charge in [-0.25, -0.2) is 0 Å². The molecular formula is C6H2Cl3MgO3P. The molecule has 14 heavy (non-hydrogen) atoms. The second-order valence-electron chi connectivity index (χ2n) is 2.22. The molecule has 8 heteroatoms. The largest absolute Gasteiger partial charge is 2.00 e. The number of hydrogen-bond donors (Lipinski definition) is 0. The molecule has 1 aromatic rings. The van der Waals surface area contributed by atoms with Crippen molar-refractivity contribution in [3.63, 3.8) is 0 Å². The second-order valence-corrected chi connectivity index (χ2v) is 4.91. The van der Waals surface area contributed by atoms with Gasteiger partial charge in [-0.05, 0) is 6.07 Å². The summed E-state index contributed by atoms with van der Waals surface area (Å²) < 4.78 is 0. The summed E-state index contributed by atoms with van der Waals surface area (Å²) >= 11 is 16.5. The Kier molecular flexibility index (Phi) is 5.94. The average Bonchev–Trinajstić information content (AvgIpc) is 1.94. The Morgan fingerprint density at radius 2 is 1.29 bits per heavy atom. The van der Waals surface area contributed by atoms with E-state index in [4.69, 9.17) is 34.8 Å². The molecule has 1 aromatic carbocycles. The molecule has 0 saturated carbocycles. The summed E-state index contributed by atoms with van der Waals surface area (Å²) in [6.45, 7) is 0. The van der Waals surface area contributed by atoms with Crippen molar-refractivity contribution in [1.29, 1.82) is 0 Å². The zero-order chi connectivity index (χ0) is 10.2. The van der Waals surface area contributed by atoms with Crippen LogP contribution in [0.2, 0.25) is 15.1 Å². The monoisotopic (exact) mass is 282 g/mol. The van der Waals surface area contributed by atoms with E-state index in [2.05, 4.69) is 0 Å². The van der Waals surface area contributed by atoms with Gasteiger partial charge in [0.25, 0.3) is 0 Å². The SMILES string of the molecule is [Mg+2].[O-][P+]([O-])([O-])c1cc(Cl)c(Cl)cc1Cl. The molecule has 0 aliphatic rings. The van der Waals surface area contributed by atoms with Gasteiger partial charge in [0.05, 0.1) is 20.4 Å². The van der Waals surface area contributed by atoms with Crippen LogP contribution in [0.4, 0.5) is 0 Å². The molecule has 72 valence electrons. The van der Waals surface area contributed by atoms with Crippen LogP contribution in [0.5, 0.6) is 0 Å². The van der Waals surface area contributed by atoms with E-state index in [9.17, 15) is 14.7 Å². The van der Waals surface area contributed by atoms with Crippen LogP contribution >= 0.6 is 42.7 Å². The number of rotatable bonds is 1. The summed E-state index contributed by atoms with van der Waals surface area (Å²) in [5.74, 6) is 0. The molecule has 0 atom stereocenters. The van der Waals surface area contributed by atoms with Gasteiger partial charge >= 0.3 is 23.1 Å². The topological polar surface area (TPSA) is 69.2 Å². The molecule has 0 aliphatic heterocycles. The third kappa shape index (κ3) is 3.63. The van der Waals surface area contributed by atoms with E-state index in [0.29, 0.717) is 0 Å². The minimum Gasteiger partial charge on any atom is -0.683 e. The van der Waals surface area contributed by atoms with Crippen LogP contribution in [0, 0.1) is 0 Å². The van der Waals surface area contributed by atoms with Crippen molar-refractivity contribution in [3.8, 4) is 0 Å². The van der Waals surface area contributed by atoms with E-state index in [1.54, 1.807) is 0 Å². The number of hydrogen-bond acceptors (Lipinski definition) is 3. The van der Waals surface area contributed by atoms with Crippen molar-refractivity contribution >= 4 is 71.1 Å². The molecule has 0 fully saturated rings. The Hall–Kier alpha value is 1.17. The first kappa shape index (κ1) is 15.2. The van der Waals surface area contributed by atoms with Crippen molar-refractivity contribution in [1.82, 2.24) is 0 Å². The third-order valence-corrected chi connectivity index (χ3v) is 3.41. The molecule has 1 rings (SSSR count). The van der Waals surface area contributed by atoms with Crippen LogP contribution in [0.15, 0.2) is 12.1 Å². The van der Waals surface area contributed by atoms with E-state index in [0.717, 1.165) is 12.1 Å². The van der Waals surface area contributed by atoms with Gasteiger partial charge in [-0.2, -0.15) is 0 Å². The quantitative estimate of drug-likeness (QED) is 0.405. The molecule has 0 amide bonds. The first-order chi connectivity index (χ1) is 5.82. The summed E-state index contributed by atoms with van der Waals surface area (Å²) in [5.41, 5.74) is 0. The van der Waals surface area contributed by atoms with Crippen LogP contribution < -0.4 is 20.0 Å². The maximum absolute atomic E-state index is 10.6. The minimum atomic E-state index is -4.88. The predicted octanol–water partition coefficient (Wildman–Crippen LogP) is -0.265. The minimum absolute atomic E-state index is 0. The summed E-state index contributed by atoms with van der Waals surface area (Å²) in [6, 6.07) is 2.05. The molecule has 0 spiro atoms. The Labute approximate surface area is 112 Å². The Morgan fingerprint density at radius 1 is 0.857 bits per heavy atom. The van der Waals surface area contributed by atoms with Crippen LogP contribution in [0.1, 0.15) is 0 Å². The molecule has 0 aromatic heterocycles. The summed E-state index contributed by atoms with van der Waals surface area (Å²) in [6.07, 6.45) is 0. The average molecular weight is 284 g/mol. The van der Waals surface area contributed by atoms with Gasteiger partial charge < -0.3 is 14.7 Å². The maximum Gasteiger partial charge on any atom is 2.00 e. The van der Waals surface area contributed by atoms with Gasteiger partial charge in [-0.15, -0.1) is 7.94 Å². The third-order valence-electron chi connectivity index (χ3n) is 1.28. The summed E-state index contributed by atoms with van der Waals surface area (Å²) in [5, 5.41) is -0.678. The maximum atomic E-state index is 10.6. The van der Waals surface area contributed by atoms with Crippen molar-refractivity contribution in [2.75, 3.05) is 0 Å². The second kappa shape index (κ2) is 5.48. The standard InChI is InChI=1S/C6H4Cl3O3P.Mg/c7-3-1-5(9)6(2-4(3)8)13(10,11)12;/h1-2H,(H2,10,11,12);/q;+2/p-2. The van der Waals surface area contributed by atoms with Gasteiger partial charge in [-0.1, -0.05) is 34.8 Å². The van der Waals surface area contributed by atoms with Gasteiger partial charge in [0.1, 0.15) is 0 Å². The van der Waals surface area contributed by atoms with E-state index in [-0.39, 0.29) is 38.1 Å². The summed E-state index contributed by atoms with van der Waals surface area (Å²) in [7, 11) is -4.88. The fourth-order valence-corrected chi connectivity index (χ4v) is 2.27. The van der Waals surface area contributed by atoms with E-state index in [1.807, 2.05) is 0 Å². The van der Waals surface area contributed by atoms with Crippen molar-refractivity contribution in [2.24, 2.45) is 0 Å². The molecule has 0 heterocycles.